The fraction of sp³-hybridized carbons (Fsp3) is 0.333. The SMILES string of the molecule is Cn1c(CN2CCC(c3nccnc3OCc3ccc(Cl)cc3F)CC2)nc2cnc(Br)cc21. The minimum absolute atomic E-state index is 0.0746. The maximum absolute atomic E-state index is 14.1. The lowest BCUT2D eigenvalue weighted by molar-refractivity contribution is 0.193. The first kappa shape index (κ1) is 23.1. The molecule has 0 amide bonds. The van der Waals surface area contributed by atoms with Gasteiger partial charge in [-0.3, -0.25) is 9.88 Å². The molecule has 1 fully saturated rings. The van der Waals surface area contributed by atoms with E-state index in [1.807, 2.05) is 13.1 Å². The number of ether oxygens (including phenoxy) is 1. The van der Waals surface area contributed by atoms with Gasteiger partial charge in [-0.05, 0) is 60.1 Å². The molecule has 0 unspecified atom stereocenters. The molecule has 34 heavy (non-hydrogen) atoms. The Kier molecular flexibility index (Phi) is 6.76. The molecule has 1 aliphatic heterocycles. The Morgan fingerprint density at radius 3 is 2.74 bits per heavy atom. The first-order chi connectivity index (χ1) is 16.5. The molecule has 1 aliphatic rings. The van der Waals surface area contributed by atoms with Crippen molar-refractivity contribution in [3.05, 3.63) is 75.4 Å². The summed E-state index contributed by atoms with van der Waals surface area (Å²) < 4.78 is 22.9. The van der Waals surface area contributed by atoms with Gasteiger partial charge in [-0.1, -0.05) is 17.7 Å². The van der Waals surface area contributed by atoms with Crippen molar-refractivity contribution in [3.63, 3.8) is 0 Å². The summed E-state index contributed by atoms with van der Waals surface area (Å²) in [6.45, 7) is 2.68. The Balaban J connectivity index is 1.23. The zero-order chi connectivity index (χ0) is 23.7. The van der Waals surface area contributed by atoms with Crippen LogP contribution in [0.4, 0.5) is 4.39 Å². The molecule has 0 saturated carbocycles. The highest BCUT2D eigenvalue weighted by molar-refractivity contribution is 9.10. The lowest BCUT2D eigenvalue weighted by Gasteiger charge is -2.31. The number of imidazole rings is 1. The molecule has 0 spiro atoms. The lowest BCUT2D eigenvalue weighted by atomic mass is 9.93. The normalized spacial score (nSPS) is 15.2. The number of aromatic nitrogens is 5. The van der Waals surface area contributed by atoms with Crippen molar-refractivity contribution < 1.29 is 9.13 Å². The third-order valence-electron chi connectivity index (χ3n) is 6.24. The lowest BCUT2D eigenvalue weighted by Crippen LogP contribution is -2.33. The Bertz CT molecular complexity index is 1320. The van der Waals surface area contributed by atoms with Crippen molar-refractivity contribution in [1.82, 2.24) is 29.4 Å². The highest BCUT2D eigenvalue weighted by atomic mass is 79.9. The molecule has 0 N–H and O–H groups in total. The van der Waals surface area contributed by atoms with Crippen LogP contribution in [-0.4, -0.2) is 42.5 Å². The van der Waals surface area contributed by atoms with Crippen LogP contribution in [-0.2, 0) is 20.2 Å². The van der Waals surface area contributed by atoms with Crippen LogP contribution in [0, 0.1) is 5.82 Å². The number of hydrogen-bond donors (Lipinski definition) is 0. The molecule has 7 nitrogen and oxygen atoms in total. The van der Waals surface area contributed by atoms with Crippen molar-refractivity contribution in [3.8, 4) is 5.88 Å². The molecule has 0 aliphatic carbocycles. The Labute approximate surface area is 210 Å². The van der Waals surface area contributed by atoms with Gasteiger partial charge in [-0.15, -0.1) is 0 Å². The fourth-order valence-electron chi connectivity index (χ4n) is 4.34. The summed E-state index contributed by atoms with van der Waals surface area (Å²) in [6.07, 6.45) is 6.94. The molecule has 1 aromatic carbocycles. The topological polar surface area (TPSA) is 69.0 Å². The number of hydrogen-bond acceptors (Lipinski definition) is 6. The van der Waals surface area contributed by atoms with E-state index < -0.39 is 5.82 Å². The monoisotopic (exact) mass is 544 g/mol. The number of halogens is 3. The molecule has 0 radical (unpaired) electrons. The molecule has 0 atom stereocenters. The van der Waals surface area contributed by atoms with Gasteiger partial charge in [0.25, 0.3) is 0 Å². The van der Waals surface area contributed by atoms with E-state index in [1.165, 1.54) is 6.07 Å². The molecule has 3 aromatic heterocycles. The molecule has 176 valence electrons. The van der Waals surface area contributed by atoms with Crippen LogP contribution in [0.3, 0.4) is 0 Å². The largest absolute Gasteiger partial charge is 0.471 e. The van der Waals surface area contributed by atoms with Crippen LogP contribution in [0.15, 0.2) is 47.5 Å². The van der Waals surface area contributed by atoms with Gasteiger partial charge in [-0.2, -0.15) is 0 Å². The van der Waals surface area contributed by atoms with Crippen molar-refractivity contribution in [1.29, 1.82) is 0 Å². The number of fused-ring (bicyclic) bond motifs is 1. The molecular formula is C24H23BrClFN6O. The van der Waals surface area contributed by atoms with Crippen molar-refractivity contribution in [2.75, 3.05) is 13.1 Å². The molecule has 4 aromatic rings. The Morgan fingerprint density at radius 1 is 1.15 bits per heavy atom. The second-order valence-corrected chi connectivity index (χ2v) is 9.65. The zero-order valence-electron chi connectivity index (χ0n) is 18.6. The Hall–Kier alpha value is -2.62. The predicted molar refractivity (Wildman–Crippen MR) is 131 cm³/mol. The van der Waals surface area contributed by atoms with Gasteiger partial charge < -0.3 is 9.30 Å². The summed E-state index contributed by atoms with van der Waals surface area (Å²) in [6, 6.07) is 6.55. The van der Waals surface area contributed by atoms with Gasteiger partial charge >= 0.3 is 0 Å². The van der Waals surface area contributed by atoms with E-state index >= 15 is 0 Å². The van der Waals surface area contributed by atoms with Gasteiger partial charge in [-0.25, -0.2) is 19.3 Å². The van der Waals surface area contributed by atoms with E-state index in [0.29, 0.717) is 16.5 Å². The van der Waals surface area contributed by atoms with Crippen LogP contribution < -0.4 is 4.74 Å². The van der Waals surface area contributed by atoms with Crippen LogP contribution in [0.5, 0.6) is 5.88 Å². The van der Waals surface area contributed by atoms with Gasteiger partial charge in [0.1, 0.15) is 34.1 Å². The molecular weight excluding hydrogens is 523 g/mol. The maximum atomic E-state index is 14.1. The summed E-state index contributed by atoms with van der Waals surface area (Å²) in [4.78, 5) is 20.4. The van der Waals surface area contributed by atoms with E-state index in [-0.39, 0.29) is 12.5 Å². The van der Waals surface area contributed by atoms with Gasteiger partial charge in [0.2, 0.25) is 5.88 Å². The van der Waals surface area contributed by atoms with Crippen LogP contribution in [0.1, 0.15) is 35.8 Å². The molecule has 10 heteroatoms. The summed E-state index contributed by atoms with van der Waals surface area (Å²) in [5.41, 5.74) is 3.22. The van der Waals surface area contributed by atoms with Gasteiger partial charge in [0.05, 0.1) is 18.3 Å². The first-order valence-electron chi connectivity index (χ1n) is 11.0. The second kappa shape index (κ2) is 9.93. The summed E-state index contributed by atoms with van der Waals surface area (Å²) >= 11 is 9.27. The van der Waals surface area contributed by atoms with E-state index in [2.05, 4.69) is 40.3 Å². The maximum Gasteiger partial charge on any atom is 0.236 e. The third-order valence-corrected chi connectivity index (χ3v) is 6.91. The minimum Gasteiger partial charge on any atom is -0.471 e. The number of pyridine rings is 1. The summed E-state index contributed by atoms with van der Waals surface area (Å²) in [7, 11) is 2.04. The number of nitrogens with zero attached hydrogens (tertiary/aromatic N) is 6. The Morgan fingerprint density at radius 2 is 1.94 bits per heavy atom. The quantitative estimate of drug-likeness (QED) is 0.308. The molecule has 0 bridgehead atoms. The van der Waals surface area contributed by atoms with E-state index in [4.69, 9.17) is 21.3 Å². The third kappa shape index (κ3) is 4.92. The van der Waals surface area contributed by atoms with Crippen LogP contribution in [0.25, 0.3) is 11.0 Å². The van der Waals surface area contributed by atoms with E-state index in [0.717, 1.165) is 59.6 Å². The zero-order valence-corrected chi connectivity index (χ0v) is 20.9. The number of aryl methyl sites for hydroxylation is 1. The van der Waals surface area contributed by atoms with Crippen LogP contribution >= 0.6 is 27.5 Å². The standard InChI is InChI=1S/C24H23BrClFN6O/c1-32-20-11-21(25)30-12-19(20)31-22(32)13-33-8-4-15(5-9-33)23-24(29-7-6-28-23)34-14-16-2-3-17(26)10-18(16)27/h2-3,6-7,10-12,15H,4-5,8-9,13-14H2,1H3. The van der Waals surface area contributed by atoms with E-state index in [1.54, 1.807) is 30.7 Å². The van der Waals surface area contributed by atoms with Gasteiger partial charge in [0, 0.05) is 35.9 Å². The average Bonchev–Trinajstić information content (AvgIpc) is 3.14. The van der Waals surface area contributed by atoms with Crippen molar-refractivity contribution in [2.24, 2.45) is 7.05 Å². The predicted octanol–water partition coefficient (Wildman–Crippen LogP) is 5.27. The second-order valence-electron chi connectivity index (χ2n) is 8.40. The highest BCUT2D eigenvalue weighted by Crippen LogP contribution is 2.32. The molecule has 4 heterocycles. The summed E-state index contributed by atoms with van der Waals surface area (Å²) in [5.74, 6) is 1.32. The van der Waals surface area contributed by atoms with Crippen LogP contribution in [0.2, 0.25) is 5.02 Å². The number of likely N-dealkylation sites (tertiary alicyclic amines) is 1. The number of rotatable bonds is 6. The average molecular weight is 546 g/mol. The highest BCUT2D eigenvalue weighted by Gasteiger charge is 2.26. The van der Waals surface area contributed by atoms with Crippen molar-refractivity contribution >= 4 is 38.6 Å². The fourth-order valence-corrected chi connectivity index (χ4v) is 4.82. The number of piperidine rings is 1. The summed E-state index contributed by atoms with van der Waals surface area (Å²) in [5, 5.41) is 0.358. The number of benzene rings is 1. The van der Waals surface area contributed by atoms with Gasteiger partial charge in [0.15, 0.2) is 0 Å². The minimum atomic E-state index is -0.392. The first-order valence-corrected chi connectivity index (χ1v) is 12.2. The van der Waals surface area contributed by atoms with E-state index in [9.17, 15) is 4.39 Å². The van der Waals surface area contributed by atoms with Crippen molar-refractivity contribution in [2.45, 2.75) is 31.9 Å². The smallest absolute Gasteiger partial charge is 0.236 e. The molecule has 5 rings (SSSR count). The molecule has 1 saturated heterocycles.